The van der Waals surface area contributed by atoms with Crippen molar-refractivity contribution in [3.05, 3.63) is 23.8 Å². The Morgan fingerprint density at radius 3 is 2.56 bits per heavy atom. The molecule has 0 amide bonds. The van der Waals surface area contributed by atoms with Crippen LogP contribution in [0.25, 0.3) is 0 Å². The number of hydrogen-bond acceptors (Lipinski definition) is 3. The second kappa shape index (κ2) is 5.16. The molecule has 0 atom stereocenters. The van der Waals surface area contributed by atoms with Crippen LogP contribution in [0.2, 0.25) is 0 Å². The summed E-state index contributed by atoms with van der Waals surface area (Å²) < 4.78 is 10.8. The van der Waals surface area contributed by atoms with Gasteiger partial charge in [-0.3, -0.25) is 0 Å². The highest BCUT2D eigenvalue weighted by Crippen LogP contribution is 2.35. The van der Waals surface area contributed by atoms with Crippen LogP contribution in [0, 0.1) is 0 Å². The van der Waals surface area contributed by atoms with Crippen LogP contribution in [0.3, 0.4) is 0 Å². The lowest BCUT2D eigenvalue weighted by atomic mass is 10.2. The van der Waals surface area contributed by atoms with Crippen molar-refractivity contribution in [2.45, 2.75) is 6.54 Å². The maximum Gasteiger partial charge on any atom is 0.231 e. The van der Waals surface area contributed by atoms with Crippen molar-refractivity contribution in [3.63, 3.8) is 0 Å². The first-order valence-electron chi connectivity index (χ1n) is 5.86. The van der Waals surface area contributed by atoms with Gasteiger partial charge < -0.3 is 19.3 Å². The van der Waals surface area contributed by atoms with Gasteiger partial charge in [0, 0.05) is 33.8 Å². The Balaban J connectivity index is 2.20. The van der Waals surface area contributed by atoms with Crippen LogP contribution >= 0.6 is 0 Å². The van der Waals surface area contributed by atoms with E-state index in [1.807, 2.05) is 56.2 Å². The predicted molar refractivity (Wildman–Crippen MR) is 71.1 cm³/mol. The Labute approximate surface area is 108 Å². The molecule has 1 aromatic rings. The van der Waals surface area contributed by atoms with Crippen LogP contribution in [0.1, 0.15) is 5.56 Å². The maximum absolute atomic E-state index is 5.46. The van der Waals surface area contributed by atoms with Gasteiger partial charge in [0.2, 0.25) is 6.79 Å². The highest BCUT2D eigenvalue weighted by atomic mass is 16.7. The molecule has 0 spiro atoms. The minimum Gasteiger partial charge on any atom is -0.454 e. The zero-order chi connectivity index (χ0) is 13.1. The average molecular weight is 249 g/mol. The lowest BCUT2D eigenvalue weighted by Gasteiger charge is -2.22. The molecule has 1 heterocycles. The third-order valence-electron chi connectivity index (χ3n) is 2.67. The zero-order valence-corrected chi connectivity index (χ0v) is 11.3. The van der Waals surface area contributed by atoms with Crippen LogP contribution < -0.4 is 9.47 Å². The van der Waals surface area contributed by atoms with E-state index in [-0.39, 0.29) is 0 Å². The Bertz CT molecular complexity index is 446. The topological polar surface area (TPSA) is 37.3 Å². The van der Waals surface area contributed by atoms with E-state index in [0.29, 0.717) is 13.3 Å². The van der Waals surface area contributed by atoms with E-state index in [1.54, 1.807) is 0 Å². The third-order valence-corrected chi connectivity index (χ3v) is 2.67. The smallest absolute Gasteiger partial charge is 0.231 e. The van der Waals surface area contributed by atoms with E-state index in [9.17, 15) is 0 Å². The lowest BCUT2D eigenvalue weighted by Crippen LogP contribution is -2.35. The Kier molecular flexibility index (Phi) is 3.60. The van der Waals surface area contributed by atoms with Gasteiger partial charge >= 0.3 is 0 Å². The quantitative estimate of drug-likeness (QED) is 0.586. The summed E-state index contributed by atoms with van der Waals surface area (Å²) in [4.78, 5) is 8.58. The van der Waals surface area contributed by atoms with E-state index in [2.05, 4.69) is 4.99 Å². The molecule has 2 rings (SSSR count). The monoisotopic (exact) mass is 249 g/mol. The molecule has 5 heteroatoms. The number of para-hydroxylation sites is 1. The van der Waals surface area contributed by atoms with Crippen molar-refractivity contribution >= 4 is 5.96 Å². The molecule has 1 aliphatic rings. The minimum atomic E-state index is 0.296. The van der Waals surface area contributed by atoms with E-state index in [4.69, 9.17) is 9.47 Å². The van der Waals surface area contributed by atoms with E-state index in [1.165, 1.54) is 0 Å². The average Bonchev–Trinajstić information content (AvgIpc) is 2.77. The Morgan fingerprint density at radius 2 is 1.89 bits per heavy atom. The fraction of sp³-hybridized carbons (Fsp3) is 0.462. The van der Waals surface area contributed by atoms with Crippen LogP contribution in [0.15, 0.2) is 23.2 Å². The molecule has 98 valence electrons. The van der Waals surface area contributed by atoms with Gasteiger partial charge in [0.25, 0.3) is 0 Å². The van der Waals surface area contributed by atoms with Crippen LogP contribution in [0.5, 0.6) is 11.5 Å². The van der Waals surface area contributed by atoms with Crippen molar-refractivity contribution in [2.24, 2.45) is 4.99 Å². The number of hydrogen-bond donors (Lipinski definition) is 0. The molecule has 0 unspecified atom stereocenters. The summed E-state index contributed by atoms with van der Waals surface area (Å²) in [6, 6.07) is 5.89. The van der Waals surface area contributed by atoms with Crippen molar-refractivity contribution in [2.75, 3.05) is 35.0 Å². The summed E-state index contributed by atoms with van der Waals surface area (Å²) in [6.45, 7) is 0.877. The number of benzene rings is 1. The second-order valence-electron chi connectivity index (χ2n) is 4.56. The van der Waals surface area contributed by atoms with Crippen molar-refractivity contribution in [1.29, 1.82) is 0 Å². The number of aliphatic imine (C=N–C) groups is 1. The van der Waals surface area contributed by atoms with Gasteiger partial charge in [0.15, 0.2) is 17.5 Å². The minimum absolute atomic E-state index is 0.296. The van der Waals surface area contributed by atoms with Crippen LogP contribution in [-0.4, -0.2) is 50.7 Å². The molecule has 1 aromatic carbocycles. The Morgan fingerprint density at radius 1 is 1.17 bits per heavy atom. The predicted octanol–water partition coefficient (Wildman–Crippen LogP) is 1.39. The van der Waals surface area contributed by atoms with E-state index < -0.39 is 0 Å². The first-order valence-corrected chi connectivity index (χ1v) is 5.86. The summed E-state index contributed by atoms with van der Waals surface area (Å²) in [7, 11) is 7.92. The fourth-order valence-electron chi connectivity index (χ4n) is 1.95. The molecule has 0 N–H and O–H groups in total. The summed E-state index contributed by atoms with van der Waals surface area (Å²) in [5.41, 5.74) is 1.05. The van der Waals surface area contributed by atoms with Gasteiger partial charge in [-0.05, 0) is 6.07 Å². The van der Waals surface area contributed by atoms with Crippen LogP contribution in [-0.2, 0) is 6.54 Å². The first kappa shape index (κ1) is 12.5. The first-order chi connectivity index (χ1) is 8.59. The summed E-state index contributed by atoms with van der Waals surface area (Å²) in [5.74, 6) is 2.54. The van der Waals surface area contributed by atoms with Gasteiger partial charge in [-0.15, -0.1) is 0 Å². The fourth-order valence-corrected chi connectivity index (χ4v) is 1.95. The number of fused-ring (bicyclic) bond motifs is 1. The standard InChI is InChI=1S/C13H19N3O2/c1-15(2)13(16(3)4)14-8-10-6-5-7-11-12(10)18-9-17-11/h5-7H,8-9H2,1-4H3. The summed E-state index contributed by atoms with van der Waals surface area (Å²) >= 11 is 0. The molecule has 18 heavy (non-hydrogen) atoms. The number of rotatable bonds is 2. The molecule has 0 fully saturated rings. The van der Waals surface area contributed by atoms with Gasteiger partial charge in [-0.2, -0.15) is 0 Å². The molecule has 1 aliphatic heterocycles. The number of guanidine groups is 1. The maximum atomic E-state index is 5.46. The summed E-state index contributed by atoms with van der Waals surface area (Å²) in [5, 5.41) is 0. The van der Waals surface area contributed by atoms with E-state index in [0.717, 1.165) is 23.0 Å². The largest absolute Gasteiger partial charge is 0.454 e. The van der Waals surface area contributed by atoms with Crippen molar-refractivity contribution < 1.29 is 9.47 Å². The molecule has 5 nitrogen and oxygen atoms in total. The molecular formula is C13H19N3O2. The molecule has 0 saturated heterocycles. The third kappa shape index (κ3) is 2.50. The Hall–Kier alpha value is -1.91. The molecular weight excluding hydrogens is 230 g/mol. The van der Waals surface area contributed by atoms with Gasteiger partial charge in [-0.1, -0.05) is 12.1 Å². The molecule has 0 aromatic heterocycles. The second-order valence-corrected chi connectivity index (χ2v) is 4.56. The van der Waals surface area contributed by atoms with Crippen molar-refractivity contribution in [1.82, 2.24) is 9.80 Å². The van der Waals surface area contributed by atoms with Gasteiger partial charge in [-0.25, -0.2) is 4.99 Å². The zero-order valence-electron chi connectivity index (χ0n) is 11.3. The van der Waals surface area contributed by atoms with Gasteiger partial charge in [0.05, 0.1) is 6.54 Å². The highest BCUT2D eigenvalue weighted by Gasteiger charge is 2.17. The molecule has 0 saturated carbocycles. The lowest BCUT2D eigenvalue weighted by molar-refractivity contribution is 0.173. The highest BCUT2D eigenvalue weighted by molar-refractivity contribution is 5.79. The SMILES string of the molecule is CN(C)C(=NCc1cccc2c1OCO2)N(C)C. The molecule has 0 bridgehead atoms. The van der Waals surface area contributed by atoms with Crippen LogP contribution in [0.4, 0.5) is 0 Å². The molecule has 0 radical (unpaired) electrons. The molecule has 0 aliphatic carbocycles. The number of ether oxygens (including phenoxy) is 2. The summed E-state index contributed by atoms with van der Waals surface area (Å²) in [6.07, 6.45) is 0. The van der Waals surface area contributed by atoms with Crippen molar-refractivity contribution in [3.8, 4) is 11.5 Å². The van der Waals surface area contributed by atoms with E-state index >= 15 is 0 Å². The number of nitrogens with zero attached hydrogens (tertiary/aromatic N) is 3. The normalized spacial score (nSPS) is 12.2. The van der Waals surface area contributed by atoms with Gasteiger partial charge in [0.1, 0.15) is 0 Å².